The molecular formula is C19H27N3O2. The Bertz CT molecular complexity index is 662. The maximum Gasteiger partial charge on any atom is 0.223 e. The van der Waals surface area contributed by atoms with Gasteiger partial charge in [-0.1, -0.05) is 44.2 Å². The van der Waals surface area contributed by atoms with E-state index < -0.39 is 5.60 Å². The van der Waals surface area contributed by atoms with Crippen molar-refractivity contribution < 1.29 is 9.90 Å². The Morgan fingerprint density at radius 2 is 2.00 bits per heavy atom. The van der Waals surface area contributed by atoms with Crippen LogP contribution in [0.15, 0.2) is 42.7 Å². The van der Waals surface area contributed by atoms with Crippen molar-refractivity contribution in [2.45, 2.75) is 32.8 Å². The predicted molar refractivity (Wildman–Crippen MR) is 94.3 cm³/mol. The van der Waals surface area contributed by atoms with Crippen molar-refractivity contribution in [1.82, 2.24) is 15.1 Å². The fourth-order valence-corrected chi connectivity index (χ4v) is 2.69. The van der Waals surface area contributed by atoms with Crippen molar-refractivity contribution in [2.24, 2.45) is 18.9 Å². The number of carbonyl (C=O) groups is 1. The van der Waals surface area contributed by atoms with E-state index in [4.69, 9.17) is 0 Å². The van der Waals surface area contributed by atoms with Crippen LogP contribution in [0.4, 0.5) is 0 Å². The highest BCUT2D eigenvalue weighted by Gasteiger charge is 2.28. The molecule has 2 aromatic rings. The number of nitrogens with zero attached hydrogens (tertiary/aromatic N) is 2. The minimum atomic E-state index is -1.14. The minimum absolute atomic E-state index is 0.0296. The Kier molecular flexibility index (Phi) is 5.78. The Morgan fingerprint density at radius 1 is 1.33 bits per heavy atom. The maximum atomic E-state index is 12.6. The van der Waals surface area contributed by atoms with Crippen LogP contribution in [0, 0.1) is 11.8 Å². The molecule has 2 unspecified atom stereocenters. The van der Waals surface area contributed by atoms with Crippen LogP contribution < -0.4 is 5.32 Å². The van der Waals surface area contributed by atoms with Gasteiger partial charge in [-0.05, 0) is 24.8 Å². The van der Waals surface area contributed by atoms with Gasteiger partial charge in [0, 0.05) is 24.7 Å². The number of benzene rings is 1. The lowest BCUT2D eigenvalue weighted by Gasteiger charge is -2.25. The van der Waals surface area contributed by atoms with Gasteiger partial charge in [-0.3, -0.25) is 9.48 Å². The smallest absolute Gasteiger partial charge is 0.223 e. The number of aromatic nitrogens is 2. The molecule has 0 radical (unpaired) electrons. The first kappa shape index (κ1) is 18.2. The molecule has 2 N–H and O–H groups in total. The molecule has 0 saturated carbocycles. The van der Waals surface area contributed by atoms with Crippen LogP contribution in [-0.4, -0.2) is 27.3 Å². The first-order chi connectivity index (χ1) is 11.3. The van der Waals surface area contributed by atoms with Crippen LogP contribution in [0.2, 0.25) is 0 Å². The maximum absolute atomic E-state index is 12.6. The summed E-state index contributed by atoms with van der Waals surface area (Å²) < 4.78 is 1.64. The van der Waals surface area contributed by atoms with Gasteiger partial charge in [-0.2, -0.15) is 5.10 Å². The van der Waals surface area contributed by atoms with E-state index in [9.17, 15) is 9.90 Å². The van der Waals surface area contributed by atoms with Gasteiger partial charge >= 0.3 is 0 Å². The first-order valence-corrected chi connectivity index (χ1v) is 8.32. The van der Waals surface area contributed by atoms with Crippen LogP contribution in [0.25, 0.3) is 0 Å². The van der Waals surface area contributed by atoms with E-state index in [1.165, 1.54) is 0 Å². The predicted octanol–water partition coefficient (Wildman–Crippen LogP) is 2.26. The van der Waals surface area contributed by atoms with E-state index in [0.29, 0.717) is 12.0 Å². The summed E-state index contributed by atoms with van der Waals surface area (Å²) >= 11 is 0. The monoisotopic (exact) mass is 329 g/mol. The van der Waals surface area contributed by atoms with E-state index in [2.05, 4.69) is 10.4 Å². The lowest BCUT2D eigenvalue weighted by atomic mass is 9.88. The summed E-state index contributed by atoms with van der Waals surface area (Å²) in [7, 11) is 1.80. The molecule has 0 fully saturated rings. The Balaban J connectivity index is 2.00. The van der Waals surface area contributed by atoms with Crippen LogP contribution in [-0.2, 0) is 23.9 Å². The van der Waals surface area contributed by atoms with E-state index in [0.717, 1.165) is 5.56 Å². The first-order valence-electron chi connectivity index (χ1n) is 8.32. The van der Waals surface area contributed by atoms with Crippen LogP contribution >= 0.6 is 0 Å². The van der Waals surface area contributed by atoms with Gasteiger partial charge in [-0.15, -0.1) is 0 Å². The number of amides is 1. The van der Waals surface area contributed by atoms with Crippen molar-refractivity contribution in [2.75, 3.05) is 6.54 Å². The molecular weight excluding hydrogens is 302 g/mol. The molecule has 1 amide bonds. The van der Waals surface area contributed by atoms with Gasteiger partial charge in [0.2, 0.25) is 5.91 Å². The highest BCUT2D eigenvalue weighted by atomic mass is 16.3. The Hall–Kier alpha value is -2.14. The third kappa shape index (κ3) is 4.68. The van der Waals surface area contributed by atoms with Crippen molar-refractivity contribution in [3.05, 3.63) is 53.9 Å². The number of hydrogen-bond donors (Lipinski definition) is 2. The SMILES string of the molecule is CC(C)C(Cc1ccccc1)C(=O)NCC(C)(O)c1cnn(C)c1. The fraction of sp³-hybridized carbons (Fsp3) is 0.474. The third-order valence-electron chi connectivity index (χ3n) is 4.37. The van der Waals surface area contributed by atoms with Crippen molar-refractivity contribution in [3.63, 3.8) is 0 Å². The summed E-state index contributed by atoms with van der Waals surface area (Å²) in [4.78, 5) is 12.6. The number of rotatable bonds is 7. The molecule has 0 aliphatic rings. The van der Waals surface area contributed by atoms with Gasteiger partial charge in [0.15, 0.2) is 0 Å². The summed E-state index contributed by atoms with van der Waals surface area (Å²) in [5.74, 6) is 0.0589. The summed E-state index contributed by atoms with van der Waals surface area (Å²) in [6.07, 6.45) is 4.07. The number of hydrogen-bond acceptors (Lipinski definition) is 3. The molecule has 2 rings (SSSR count). The number of carbonyl (C=O) groups excluding carboxylic acids is 1. The molecule has 2 atom stereocenters. The fourth-order valence-electron chi connectivity index (χ4n) is 2.69. The topological polar surface area (TPSA) is 67.2 Å². The van der Waals surface area contributed by atoms with Crippen molar-refractivity contribution in [1.29, 1.82) is 0 Å². The Morgan fingerprint density at radius 3 is 2.54 bits per heavy atom. The van der Waals surface area contributed by atoms with Crippen LogP contribution in [0.3, 0.4) is 0 Å². The minimum Gasteiger partial charge on any atom is -0.383 e. The molecule has 24 heavy (non-hydrogen) atoms. The number of aryl methyl sites for hydroxylation is 1. The highest BCUT2D eigenvalue weighted by Crippen LogP contribution is 2.21. The molecule has 1 heterocycles. The lowest BCUT2D eigenvalue weighted by molar-refractivity contribution is -0.127. The molecule has 1 aromatic carbocycles. The second-order valence-corrected chi connectivity index (χ2v) is 6.93. The third-order valence-corrected chi connectivity index (χ3v) is 4.37. The zero-order valence-corrected chi connectivity index (χ0v) is 14.9. The van der Waals surface area contributed by atoms with E-state index in [1.807, 2.05) is 44.2 Å². The highest BCUT2D eigenvalue weighted by molar-refractivity contribution is 5.79. The average Bonchev–Trinajstić information content (AvgIpc) is 2.98. The molecule has 1 aromatic heterocycles. The van der Waals surface area contributed by atoms with Crippen LogP contribution in [0.5, 0.6) is 0 Å². The number of aliphatic hydroxyl groups is 1. The second-order valence-electron chi connectivity index (χ2n) is 6.93. The van der Waals surface area contributed by atoms with Gasteiger partial charge in [0.25, 0.3) is 0 Å². The Labute approximate surface area is 143 Å². The lowest BCUT2D eigenvalue weighted by Crippen LogP contribution is -2.42. The van der Waals surface area contributed by atoms with Crippen molar-refractivity contribution in [3.8, 4) is 0 Å². The zero-order valence-electron chi connectivity index (χ0n) is 14.9. The summed E-state index contributed by atoms with van der Waals surface area (Å²) in [6.45, 7) is 5.94. The van der Waals surface area contributed by atoms with Gasteiger partial charge in [0.1, 0.15) is 5.60 Å². The van der Waals surface area contributed by atoms with Crippen LogP contribution in [0.1, 0.15) is 31.9 Å². The molecule has 5 heteroatoms. The molecule has 0 aliphatic heterocycles. The summed E-state index contributed by atoms with van der Waals surface area (Å²) in [5.41, 5.74) is 0.692. The molecule has 0 bridgehead atoms. The van der Waals surface area contributed by atoms with Crippen molar-refractivity contribution >= 4 is 5.91 Å². The molecule has 0 aliphatic carbocycles. The number of nitrogens with one attached hydrogen (secondary N) is 1. The second kappa shape index (κ2) is 7.62. The van der Waals surface area contributed by atoms with E-state index in [-0.39, 0.29) is 24.3 Å². The standard InChI is InChI=1S/C19H27N3O2/c1-14(2)17(10-15-8-6-5-7-9-15)18(23)20-13-19(3,24)16-11-21-22(4)12-16/h5-9,11-12,14,17,24H,10,13H2,1-4H3,(H,20,23). The quantitative estimate of drug-likeness (QED) is 0.819. The molecule has 0 saturated heterocycles. The van der Waals surface area contributed by atoms with Gasteiger partial charge < -0.3 is 10.4 Å². The van der Waals surface area contributed by atoms with E-state index in [1.54, 1.807) is 31.0 Å². The van der Waals surface area contributed by atoms with Gasteiger partial charge in [0.05, 0.1) is 12.7 Å². The molecule has 0 spiro atoms. The summed E-state index contributed by atoms with van der Waals surface area (Å²) in [5, 5.41) is 17.6. The molecule has 130 valence electrons. The zero-order chi connectivity index (χ0) is 17.7. The van der Waals surface area contributed by atoms with Gasteiger partial charge in [-0.25, -0.2) is 0 Å². The largest absolute Gasteiger partial charge is 0.383 e. The molecule has 5 nitrogen and oxygen atoms in total. The normalized spacial score (nSPS) is 15.1. The van der Waals surface area contributed by atoms with E-state index >= 15 is 0 Å². The average molecular weight is 329 g/mol. The summed E-state index contributed by atoms with van der Waals surface area (Å²) in [6, 6.07) is 10.0.